The van der Waals surface area contributed by atoms with Gasteiger partial charge in [-0.3, -0.25) is 0 Å². The van der Waals surface area contributed by atoms with E-state index in [-0.39, 0.29) is 29.6 Å². The van der Waals surface area contributed by atoms with E-state index in [0.29, 0.717) is 0 Å². The average Bonchev–Trinajstić information content (AvgIpc) is 1.68. The van der Waals surface area contributed by atoms with Gasteiger partial charge in [-0.15, -0.1) is 0 Å². The molecule has 0 rings (SSSR count). The van der Waals surface area contributed by atoms with Gasteiger partial charge in [0, 0.05) is 6.54 Å². The second-order valence-electron chi connectivity index (χ2n) is 1.25. The monoisotopic (exact) mass is 173 g/mol. The summed E-state index contributed by atoms with van der Waals surface area (Å²) in [4.78, 5) is 0. The predicted octanol–water partition coefficient (Wildman–Crippen LogP) is 0.985. The summed E-state index contributed by atoms with van der Waals surface area (Å²) in [6.45, 7) is 5.07. The van der Waals surface area contributed by atoms with Gasteiger partial charge in [-0.25, -0.2) is 0 Å². The van der Waals surface area contributed by atoms with Crippen molar-refractivity contribution in [3.05, 3.63) is 0 Å². The molecule has 0 saturated carbocycles. The van der Waals surface area contributed by atoms with Gasteiger partial charge in [-0.1, -0.05) is 30.9 Å². The summed E-state index contributed by atoms with van der Waals surface area (Å²) < 4.78 is 0.912. The van der Waals surface area contributed by atoms with E-state index < -0.39 is 0 Å². The van der Waals surface area contributed by atoms with Gasteiger partial charge in [0.2, 0.25) is 0 Å². The first kappa shape index (κ1) is 12.9. The van der Waals surface area contributed by atoms with Crippen LogP contribution in [0.15, 0.2) is 0 Å². The molecule has 0 aromatic rings. The zero-order valence-corrected chi connectivity index (χ0v) is 6.86. The Kier molecular flexibility index (Phi) is 13.2. The van der Waals surface area contributed by atoms with Crippen LogP contribution in [0.3, 0.4) is 0 Å². The summed E-state index contributed by atoms with van der Waals surface area (Å²) in [7, 11) is 0. The molecular formula is C5H12NNaS2. The Labute approximate surface area is 88.6 Å². The van der Waals surface area contributed by atoms with E-state index in [9.17, 15) is 0 Å². The van der Waals surface area contributed by atoms with Gasteiger partial charge < -0.3 is 5.32 Å². The van der Waals surface area contributed by atoms with E-state index >= 15 is 0 Å². The third kappa shape index (κ3) is 9.24. The first-order valence-electron chi connectivity index (χ1n) is 2.71. The van der Waals surface area contributed by atoms with Gasteiger partial charge in [0.05, 0.1) is 0 Å². The molecule has 0 aliphatic rings. The van der Waals surface area contributed by atoms with Crippen molar-refractivity contribution in [3.63, 3.8) is 0 Å². The molecule has 0 fully saturated rings. The zero-order chi connectivity index (χ0) is 6.41. The van der Waals surface area contributed by atoms with Crippen LogP contribution in [0.5, 0.6) is 0 Å². The molecule has 0 unspecified atom stereocenters. The van der Waals surface area contributed by atoms with Gasteiger partial charge in [-0.05, 0) is 12.7 Å². The molecule has 9 heavy (non-hydrogen) atoms. The van der Waals surface area contributed by atoms with Crippen molar-refractivity contribution in [3.8, 4) is 0 Å². The molecule has 1 nitrogen and oxygen atoms in total. The van der Waals surface area contributed by atoms with E-state index in [1.165, 1.54) is 0 Å². The van der Waals surface area contributed by atoms with E-state index in [4.69, 9.17) is 12.2 Å². The van der Waals surface area contributed by atoms with Crippen LogP contribution >= 0.6 is 24.0 Å². The maximum absolute atomic E-state index is 4.90. The van der Waals surface area contributed by atoms with E-state index in [1.807, 2.05) is 6.92 Å². The van der Waals surface area contributed by atoms with Crippen molar-refractivity contribution in [2.75, 3.05) is 12.3 Å². The minimum atomic E-state index is 0. The fraction of sp³-hybridized carbons (Fsp3) is 0.800. The zero-order valence-electron chi connectivity index (χ0n) is 5.23. The summed E-state index contributed by atoms with van der Waals surface area (Å²) in [5.41, 5.74) is 0. The quantitative estimate of drug-likeness (QED) is 0.494. The van der Waals surface area contributed by atoms with E-state index in [0.717, 1.165) is 16.6 Å². The van der Waals surface area contributed by atoms with Gasteiger partial charge in [-0.2, -0.15) is 0 Å². The van der Waals surface area contributed by atoms with Crippen LogP contribution in [-0.2, 0) is 0 Å². The summed E-state index contributed by atoms with van der Waals surface area (Å²) >= 11 is 6.58. The molecule has 0 heterocycles. The van der Waals surface area contributed by atoms with Crippen LogP contribution < -0.4 is 5.32 Å². The fourth-order valence-electron chi connectivity index (χ4n) is 0.326. The van der Waals surface area contributed by atoms with Crippen LogP contribution in [0, 0.1) is 0 Å². The maximum atomic E-state index is 4.90. The molecule has 0 radical (unpaired) electrons. The third-order valence-corrected chi connectivity index (χ3v) is 1.79. The number of hydrogen-bond acceptors (Lipinski definition) is 2. The Hall–Kier alpha value is 1.24. The van der Waals surface area contributed by atoms with Crippen LogP contribution in [0.25, 0.3) is 0 Å². The van der Waals surface area contributed by atoms with E-state index in [2.05, 4.69) is 12.2 Å². The minimum absolute atomic E-state index is 0. The van der Waals surface area contributed by atoms with Gasteiger partial charge in [0.25, 0.3) is 0 Å². The molecule has 0 saturated heterocycles. The normalized spacial score (nSPS) is 7.78. The van der Waals surface area contributed by atoms with Crippen molar-refractivity contribution in [1.82, 2.24) is 5.32 Å². The third-order valence-electron chi connectivity index (χ3n) is 0.597. The molecule has 0 atom stereocenters. The topological polar surface area (TPSA) is 12.0 Å². The van der Waals surface area contributed by atoms with E-state index in [1.54, 1.807) is 11.8 Å². The van der Waals surface area contributed by atoms with Crippen molar-refractivity contribution in [2.45, 2.75) is 13.8 Å². The molecule has 4 heteroatoms. The van der Waals surface area contributed by atoms with Crippen LogP contribution in [0.1, 0.15) is 13.8 Å². The van der Waals surface area contributed by atoms with Crippen LogP contribution in [0.2, 0.25) is 0 Å². The Morgan fingerprint density at radius 3 is 2.44 bits per heavy atom. The summed E-state index contributed by atoms with van der Waals surface area (Å²) in [6, 6.07) is 0. The first-order chi connectivity index (χ1) is 3.81. The SMILES string of the molecule is CCNC(=S)SCC.[NaH]. The Morgan fingerprint density at radius 1 is 1.56 bits per heavy atom. The Balaban J connectivity index is 0. The number of thiocarbonyl (C=S) groups is 1. The van der Waals surface area contributed by atoms with Crippen LogP contribution in [0.4, 0.5) is 0 Å². The summed E-state index contributed by atoms with van der Waals surface area (Å²) in [5, 5.41) is 3.04. The van der Waals surface area contributed by atoms with Gasteiger partial charge >= 0.3 is 29.6 Å². The molecule has 1 N–H and O–H groups in total. The van der Waals surface area contributed by atoms with Gasteiger partial charge in [0.1, 0.15) is 4.32 Å². The van der Waals surface area contributed by atoms with Crippen LogP contribution in [-0.4, -0.2) is 46.2 Å². The summed E-state index contributed by atoms with van der Waals surface area (Å²) in [6.07, 6.45) is 0. The fourth-order valence-corrected chi connectivity index (χ4v) is 1.33. The molecule has 0 aliphatic heterocycles. The average molecular weight is 173 g/mol. The molecule has 0 aromatic carbocycles. The van der Waals surface area contributed by atoms with Crippen molar-refractivity contribution < 1.29 is 0 Å². The first-order valence-corrected chi connectivity index (χ1v) is 4.11. The molecule has 0 aromatic heterocycles. The molecule has 0 bridgehead atoms. The summed E-state index contributed by atoms with van der Waals surface area (Å²) in [5.74, 6) is 1.06. The molecule has 0 aliphatic carbocycles. The molecule has 0 spiro atoms. The Bertz CT molecular complexity index is 69.4. The molecule has 0 amide bonds. The molecular weight excluding hydrogens is 161 g/mol. The second kappa shape index (κ2) is 9.24. The predicted molar refractivity (Wildman–Crippen MR) is 51.6 cm³/mol. The number of rotatable bonds is 2. The molecule has 50 valence electrons. The number of thioether (sulfide) groups is 1. The Morgan fingerprint density at radius 2 is 2.11 bits per heavy atom. The second-order valence-corrected chi connectivity index (χ2v) is 3.19. The number of nitrogens with one attached hydrogen (secondary N) is 1. The van der Waals surface area contributed by atoms with Gasteiger partial charge in [0.15, 0.2) is 0 Å². The number of hydrogen-bond donors (Lipinski definition) is 1. The van der Waals surface area contributed by atoms with Crippen molar-refractivity contribution in [2.24, 2.45) is 0 Å². The van der Waals surface area contributed by atoms with Crippen molar-refractivity contribution in [1.29, 1.82) is 0 Å². The van der Waals surface area contributed by atoms with Crippen molar-refractivity contribution >= 4 is 57.9 Å². The standard InChI is InChI=1S/C5H11NS2.Na.H/c1-3-6-5(7)8-4-2;;/h3-4H2,1-2H3,(H,6,7);;.